The number of hydrogen-bond acceptors (Lipinski definition) is 2. The van der Waals surface area contributed by atoms with E-state index < -0.39 is 0 Å². The zero-order chi connectivity index (χ0) is 10.3. The second-order valence-electron chi connectivity index (χ2n) is 3.30. The van der Waals surface area contributed by atoms with Gasteiger partial charge in [0.05, 0.1) is 18.9 Å². The van der Waals surface area contributed by atoms with Crippen molar-refractivity contribution >= 4 is 0 Å². The van der Waals surface area contributed by atoms with Gasteiger partial charge in [0.15, 0.2) is 0 Å². The van der Waals surface area contributed by atoms with E-state index in [1.165, 1.54) is 5.56 Å². The van der Waals surface area contributed by atoms with E-state index in [2.05, 4.69) is 17.1 Å². The number of ether oxygens (including phenoxy) is 1. The fourth-order valence-corrected chi connectivity index (χ4v) is 1.33. The number of nitrogens with zero attached hydrogens (tertiary/aromatic N) is 1. The summed E-state index contributed by atoms with van der Waals surface area (Å²) in [6, 6.07) is 16.0. The summed E-state index contributed by atoms with van der Waals surface area (Å²) in [4.78, 5) is 4.18. The Bertz CT molecular complexity index is 346. The summed E-state index contributed by atoms with van der Waals surface area (Å²) in [5, 5.41) is 0. The predicted octanol–water partition coefficient (Wildman–Crippen LogP) is 2.80. The van der Waals surface area contributed by atoms with Crippen molar-refractivity contribution in [3.05, 3.63) is 66.0 Å². The molecule has 76 valence electrons. The molecule has 2 rings (SSSR count). The van der Waals surface area contributed by atoms with Crippen LogP contribution in [0.2, 0.25) is 0 Å². The lowest BCUT2D eigenvalue weighted by molar-refractivity contribution is 0.104. The fraction of sp³-hybridized carbons (Fsp3) is 0.154. The second-order valence-corrected chi connectivity index (χ2v) is 3.30. The van der Waals surface area contributed by atoms with Crippen LogP contribution in [0.15, 0.2) is 54.7 Å². The van der Waals surface area contributed by atoms with Crippen LogP contribution in [0.5, 0.6) is 0 Å². The molecule has 0 aliphatic rings. The molecular weight excluding hydrogens is 186 g/mol. The monoisotopic (exact) mass is 199 g/mol. The minimum atomic E-state index is 0.565. The lowest BCUT2D eigenvalue weighted by Crippen LogP contribution is -1.95. The Hall–Kier alpha value is -1.67. The van der Waals surface area contributed by atoms with Crippen molar-refractivity contribution in [3.8, 4) is 0 Å². The summed E-state index contributed by atoms with van der Waals surface area (Å²) >= 11 is 0. The molecule has 2 aromatic rings. The normalized spacial score (nSPS) is 10.1. The van der Waals surface area contributed by atoms with Gasteiger partial charge in [-0.25, -0.2) is 0 Å². The third-order valence-electron chi connectivity index (χ3n) is 2.09. The summed E-state index contributed by atoms with van der Waals surface area (Å²) in [7, 11) is 0. The van der Waals surface area contributed by atoms with Crippen molar-refractivity contribution in [2.75, 3.05) is 0 Å². The minimum Gasteiger partial charge on any atom is -0.370 e. The molecule has 0 unspecified atom stereocenters. The van der Waals surface area contributed by atoms with Crippen LogP contribution in [-0.4, -0.2) is 4.98 Å². The first-order valence-corrected chi connectivity index (χ1v) is 4.97. The molecule has 1 aromatic carbocycles. The van der Waals surface area contributed by atoms with Gasteiger partial charge in [0.25, 0.3) is 0 Å². The van der Waals surface area contributed by atoms with Gasteiger partial charge in [-0.1, -0.05) is 36.4 Å². The molecule has 1 aromatic heterocycles. The van der Waals surface area contributed by atoms with Crippen LogP contribution >= 0.6 is 0 Å². The Morgan fingerprint density at radius 1 is 0.867 bits per heavy atom. The highest BCUT2D eigenvalue weighted by Crippen LogP contribution is 2.03. The maximum atomic E-state index is 5.54. The van der Waals surface area contributed by atoms with E-state index in [0.29, 0.717) is 13.2 Å². The Balaban J connectivity index is 1.81. The SMILES string of the molecule is c1ccc(COCc2ccccn2)cc1. The second kappa shape index (κ2) is 5.27. The fourth-order valence-electron chi connectivity index (χ4n) is 1.33. The number of pyridine rings is 1. The molecule has 2 nitrogen and oxygen atoms in total. The van der Waals surface area contributed by atoms with Gasteiger partial charge in [-0.15, -0.1) is 0 Å². The maximum absolute atomic E-state index is 5.54. The Morgan fingerprint density at radius 3 is 2.40 bits per heavy atom. The Kier molecular flexibility index (Phi) is 3.47. The van der Waals surface area contributed by atoms with E-state index in [9.17, 15) is 0 Å². The molecule has 0 amide bonds. The molecular formula is C13H13NO. The summed E-state index contributed by atoms with van der Waals surface area (Å²) in [5.74, 6) is 0. The van der Waals surface area contributed by atoms with E-state index in [0.717, 1.165) is 5.69 Å². The summed E-state index contributed by atoms with van der Waals surface area (Å²) in [5.41, 5.74) is 2.15. The summed E-state index contributed by atoms with van der Waals surface area (Å²) < 4.78 is 5.54. The van der Waals surface area contributed by atoms with Crippen molar-refractivity contribution in [2.24, 2.45) is 0 Å². The van der Waals surface area contributed by atoms with Crippen molar-refractivity contribution in [1.29, 1.82) is 0 Å². The lowest BCUT2D eigenvalue weighted by Gasteiger charge is -2.03. The molecule has 0 aliphatic carbocycles. The van der Waals surface area contributed by atoms with E-state index in [4.69, 9.17) is 4.74 Å². The third-order valence-corrected chi connectivity index (χ3v) is 2.09. The van der Waals surface area contributed by atoms with Gasteiger partial charge >= 0.3 is 0 Å². The molecule has 0 bridgehead atoms. The predicted molar refractivity (Wildman–Crippen MR) is 59.2 cm³/mol. The number of rotatable bonds is 4. The molecule has 0 radical (unpaired) electrons. The summed E-state index contributed by atoms with van der Waals surface area (Å²) in [6.45, 7) is 1.20. The Labute approximate surface area is 89.6 Å². The zero-order valence-electron chi connectivity index (χ0n) is 8.47. The van der Waals surface area contributed by atoms with Gasteiger partial charge in [0.1, 0.15) is 0 Å². The van der Waals surface area contributed by atoms with E-state index in [-0.39, 0.29) is 0 Å². The number of hydrogen-bond donors (Lipinski definition) is 0. The topological polar surface area (TPSA) is 22.1 Å². The van der Waals surface area contributed by atoms with Crippen LogP contribution < -0.4 is 0 Å². The van der Waals surface area contributed by atoms with Crippen LogP contribution in [0.4, 0.5) is 0 Å². The average Bonchev–Trinajstić information content (AvgIpc) is 2.32. The largest absolute Gasteiger partial charge is 0.370 e. The lowest BCUT2D eigenvalue weighted by atomic mass is 10.2. The van der Waals surface area contributed by atoms with Crippen LogP contribution in [0.3, 0.4) is 0 Å². The first-order chi connectivity index (χ1) is 7.45. The molecule has 0 aliphatic heterocycles. The summed E-state index contributed by atoms with van der Waals surface area (Å²) in [6.07, 6.45) is 1.78. The minimum absolute atomic E-state index is 0.565. The van der Waals surface area contributed by atoms with Crippen molar-refractivity contribution in [1.82, 2.24) is 4.98 Å². The van der Waals surface area contributed by atoms with Gasteiger partial charge < -0.3 is 4.74 Å². The molecule has 0 N–H and O–H groups in total. The van der Waals surface area contributed by atoms with E-state index in [1.54, 1.807) is 6.20 Å². The molecule has 0 spiro atoms. The molecule has 1 heterocycles. The van der Waals surface area contributed by atoms with Gasteiger partial charge in [-0.3, -0.25) is 4.98 Å². The first-order valence-electron chi connectivity index (χ1n) is 4.97. The molecule has 0 fully saturated rings. The molecule has 2 heteroatoms. The highest BCUT2D eigenvalue weighted by atomic mass is 16.5. The van der Waals surface area contributed by atoms with Gasteiger partial charge in [-0.05, 0) is 17.7 Å². The average molecular weight is 199 g/mol. The Morgan fingerprint density at radius 2 is 1.67 bits per heavy atom. The highest BCUT2D eigenvalue weighted by molar-refractivity contribution is 5.13. The standard InChI is InChI=1S/C13H13NO/c1-2-6-12(7-3-1)10-15-11-13-8-4-5-9-14-13/h1-9H,10-11H2. The molecule has 15 heavy (non-hydrogen) atoms. The third kappa shape index (κ3) is 3.18. The quantitative estimate of drug-likeness (QED) is 0.755. The molecule has 0 saturated heterocycles. The van der Waals surface area contributed by atoms with Crippen LogP contribution in [0.1, 0.15) is 11.3 Å². The van der Waals surface area contributed by atoms with Crippen LogP contribution in [-0.2, 0) is 18.0 Å². The van der Waals surface area contributed by atoms with Crippen molar-refractivity contribution < 1.29 is 4.74 Å². The van der Waals surface area contributed by atoms with Crippen molar-refractivity contribution in [2.45, 2.75) is 13.2 Å². The number of aromatic nitrogens is 1. The smallest absolute Gasteiger partial charge is 0.0892 e. The van der Waals surface area contributed by atoms with Gasteiger partial charge in [-0.2, -0.15) is 0 Å². The number of benzene rings is 1. The first kappa shape index (κ1) is 9.87. The highest BCUT2D eigenvalue weighted by Gasteiger charge is 1.94. The zero-order valence-corrected chi connectivity index (χ0v) is 8.47. The van der Waals surface area contributed by atoms with Gasteiger partial charge in [0, 0.05) is 6.20 Å². The maximum Gasteiger partial charge on any atom is 0.0892 e. The molecule has 0 saturated carbocycles. The van der Waals surface area contributed by atoms with Gasteiger partial charge in [0.2, 0.25) is 0 Å². The van der Waals surface area contributed by atoms with Crippen LogP contribution in [0, 0.1) is 0 Å². The van der Waals surface area contributed by atoms with E-state index in [1.807, 2.05) is 36.4 Å². The van der Waals surface area contributed by atoms with Crippen LogP contribution in [0.25, 0.3) is 0 Å². The van der Waals surface area contributed by atoms with E-state index >= 15 is 0 Å². The molecule has 0 atom stereocenters. The van der Waals surface area contributed by atoms with Crippen molar-refractivity contribution in [3.63, 3.8) is 0 Å².